The van der Waals surface area contributed by atoms with Crippen LogP contribution >= 0.6 is 0 Å². The fourth-order valence-corrected chi connectivity index (χ4v) is 2.73. The van der Waals surface area contributed by atoms with Crippen molar-refractivity contribution in [2.45, 2.75) is 0 Å². The topological polar surface area (TPSA) is 83.0 Å². The largest absolute Gasteiger partial charge is 0.289 e. The Morgan fingerprint density at radius 3 is 2.32 bits per heavy atom. The van der Waals surface area contributed by atoms with Crippen molar-refractivity contribution in [2.75, 3.05) is 0 Å². The lowest BCUT2D eigenvalue weighted by Crippen LogP contribution is -2.17. The van der Waals surface area contributed by atoms with E-state index >= 15 is 0 Å². The molecule has 1 amide bonds. The van der Waals surface area contributed by atoms with Gasteiger partial charge in [-0.05, 0) is 34.9 Å². The molecule has 6 nitrogen and oxygen atoms in total. The highest BCUT2D eigenvalue weighted by Crippen LogP contribution is 2.24. The van der Waals surface area contributed by atoms with E-state index in [0.717, 1.165) is 22.3 Å². The van der Waals surface area contributed by atoms with E-state index in [1.165, 1.54) is 0 Å². The number of aromatic amines is 1. The van der Waals surface area contributed by atoms with Gasteiger partial charge in [-0.2, -0.15) is 10.2 Å². The molecule has 0 saturated heterocycles. The third-order valence-electron chi connectivity index (χ3n) is 4.20. The zero-order chi connectivity index (χ0) is 19.2. The predicted molar refractivity (Wildman–Crippen MR) is 109 cm³/mol. The van der Waals surface area contributed by atoms with E-state index in [4.69, 9.17) is 0 Å². The molecule has 0 unspecified atom stereocenters. The molecule has 2 aromatic carbocycles. The van der Waals surface area contributed by atoms with E-state index in [1.807, 2.05) is 42.5 Å². The summed E-state index contributed by atoms with van der Waals surface area (Å²) in [6.45, 7) is 0. The predicted octanol–water partition coefficient (Wildman–Crippen LogP) is 3.90. The number of benzene rings is 2. The third-order valence-corrected chi connectivity index (χ3v) is 4.20. The Hall–Kier alpha value is -4.06. The molecule has 2 aromatic heterocycles. The fraction of sp³-hybridized carbons (Fsp3) is 0. The summed E-state index contributed by atoms with van der Waals surface area (Å²) >= 11 is 0. The van der Waals surface area contributed by atoms with Crippen LogP contribution in [0.25, 0.3) is 22.4 Å². The molecule has 0 spiro atoms. The average molecular weight is 367 g/mol. The van der Waals surface area contributed by atoms with Crippen LogP contribution in [-0.2, 0) is 0 Å². The quantitative estimate of drug-likeness (QED) is 0.414. The van der Waals surface area contributed by atoms with Crippen LogP contribution in [-0.4, -0.2) is 27.3 Å². The lowest BCUT2D eigenvalue weighted by atomic mass is 10.0. The Morgan fingerprint density at radius 1 is 0.893 bits per heavy atom. The number of hydrogen-bond acceptors (Lipinski definition) is 4. The molecule has 0 aliphatic rings. The van der Waals surface area contributed by atoms with Gasteiger partial charge in [0.25, 0.3) is 5.91 Å². The van der Waals surface area contributed by atoms with E-state index in [1.54, 1.807) is 36.8 Å². The van der Waals surface area contributed by atoms with Crippen molar-refractivity contribution in [1.82, 2.24) is 20.6 Å². The van der Waals surface area contributed by atoms with Crippen LogP contribution in [0, 0.1) is 0 Å². The van der Waals surface area contributed by atoms with Gasteiger partial charge < -0.3 is 0 Å². The van der Waals surface area contributed by atoms with Crippen LogP contribution in [0.15, 0.2) is 90.3 Å². The first-order valence-electron chi connectivity index (χ1n) is 8.74. The molecule has 0 saturated carbocycles. The molecular weight excluding hydrogens is 350 g/mol. The van der Waals surface area contributed by atoms with Gasteiger partial charge in [0.2, 0.25) is 0 Å². The number of amides is 1. The van der Waals surface area contributed by atoms with Gasteiger partial charge in [0.05, 0.1) is 11.9 Å². The molecule has 4 rings (SSSR count). The van der Waals surface area contributed by atoms with E-state index in [9.17, 15) is 4.79 Å². The minimum absolute atomic E-state index is 0.342. The second kappa shape index (κ2) is 8.09. The van der Waals surface area contributed by atoms with Crippen LogP contribution in [0.2, 0.25) is 0 Å². The molecule has 0 atom stereocenters. The number of carbonyl (C=O) groups excluding carboxylic acids is 1. The number of nitrogens with zero attached hydrogens (tertiary/aromatic N) is 3. The highest BCUT2D eigenvalue weighted by Gasteiger charge is 2.10. The van der Waals surface area contributed by atoms with Crippen molar-refractivity contribution in [3.05, 3.63) is 96.4 Å². The number of pyridine rings is 1. The summed E-state index contributed by atoms with van der Waals surface area (Å²) in [4.78, 5) is 16.1. The van der Waals surface area contributed by atoms with Crippen molar-refractivity contribution in [2.24, 2.45) is 5.10 Å². The van der Waals surface area contributed by atoms with Gasteiger partial charge in [-0.15, -0.1) is 0 Å². The van der Waals surface area contributed by atoms with Gasteiger partial charge in [0.15, 0.2) is 0 Å². The number of nitrogens with one attached hydrogen (secondary N) is 2. The van der Waals surface area contributed by atoms with Crippen LogP contribution in [0.1, 0.15) is 16.1 Å². The Labute approximate surface area is 162 Å². The van der Waals surface area contributed by atoms with E-state index in [-0.39, 0.29) is 5.91 Å². The molecule has 136 valence electrons. The summed E-state index contributed by atoms with van der Waals surface area (Å²) in [5, 5.41) is 10.9. The number of H-pyrrole nitrogens is 1. The summed E-state index contributed by atoms with van der Waals surface area (Å²) in [6.07, 6.45) is 4.87. The maximum Gasteiger partial charge on any atom is 0.289 e. The number of aromatic nitrogens is 3. The van der Waals surface area contributed by atoms with Crippen molar-refractivity contribution in [3.8, 4) is 22.4 Å². The van der Waals surface area contributed by atoms with E-state index in [2.05, 4.69) is 37.8 Å². The van der Waals surface area contributed by atoms with Gasteiger partial charge in [-0.25, -0.2) is 5.43 Å². The van der Waals surface area contributed by atoms with Gasteiger partial charge in [-0.1, -0.05) is 54.6 Å². The summed E-state index contributed by atoms with van der Waals surface area (Å²) in [5.41, 5.74) is 7.58. The molecule has 2 N–H and O–H groups in total. The highest BCUT2D eigenvalue weighted by atomic mass is 16.2. The van der Waals surface area contributed by atoms with Crippen LogP contribution < -0.4 is 5.43 Å². The fourth-order valence-electron chi connectivity index (χ4n) is 2.73. The first-order valence-corrected chi connectivity index (χ1v) is 8.74. The molecule has 28 heavy (non-hydrogen) atoms. The minimum Gasteiger partial charge on any atom is -0.272 e. The number of hydrazone groups is 1. The van der Waals surface area contributed by atoms with Gasteiger partial charge in [0, 0.05) is 18.0 Å². The molecule has 0 fully saturated rings. The van der Waals surface area contributed by atoms with Crippen LogP contribution in [0.4, 0.5) is 0 Å². The molecule has 2 heterocycles. The van der Waals surface area contributed by atoms with Gasteiger partial charge in [-0.3, -0.25) is 14.9 Å². The zero-order valence-corrected chi connectivity index (χ0v) is 14.9. The molecule has 0 bridgehead atoms. The summed E-state index contributed by atoms with van der Waals surface area (Å²) in [5.74, 6) is -0.357. The summed E-state index contributed by atoms with van der Waals surface area (Å²) < 4.78 is 0. The minimum atomic E-state index is -0.357. The highest BCUT2D eigenvalue weighted by molar-refractivity contribution is 5.94. The Kier molecular flexibility index (Phi) is 5.02. The van der Waals surface area contributed by atoms with E-state index < -0.39 is 0 Å². The molecular formula is C22H17N5O. The monoisotopic (exact) mass is 367 g/mol. The SMILES string of the molecule is O=C(N/N=C\c1ccncc1)c1cc(-c2ccc(-c3ccccc3)cc2)n[nH]1. The number of carbonyl (C=O) groups is 1. The Morgan fingerprint density at radius 2 is 1.57 bits per heavy atom. The molecule has 6 heteroatoms. The summed E-state index contributed by atoms with van der Waals surface area (Å²) in [7, 11) is 0. The maximum absolute atomic E-state index is 12.2. The first kappa shape index (κ1) is 17.4. The van der Waals surface area contributed by atoms with Crippen molar-refractivity contribution in [3.63, 3.8) is 0 Å². The maximum atomic E-state index is 12.2. The molecule has 0 radical (unpaired) electrons. The van der Waals surface area contributed by atoms with Crippen LogP contribution in [0.3, 0.4) is 0 Å². The van der Waals surface area contributed by atoms with E-state index in [0.29, 0.717) is 11.4 Å². The smallest absolute Gasteiger partial charge is 0.272 e. The normalized spacial score (nSPS) is 10.9. The van der Waals surface area contributed by atoms with Gasteiger partial charge in [0.1, 0.15) is 5.69 Å². The van der Waals surface area contributed by atoms with Crippen molar-refractivity contribution >= 4 is 12.1 Å². The molecule has 4 aromatic rings. The van der Waals surface area contributed by atoms with Crippen molar-refractivity contribution < 1.29 is 4.79 Å². The first-order chi connectivity index (χ1) is 13.8. The standard InChI is InChI=1S/C22H17N5O/c28-22(27-24-15-16-10-12-23-13-11-16)21-14-20(25-26-21)19-8-6-18(7-9-19)17-4-2-1-3-5-17/h1-15H,(H,25,26)(H,27,28)/b24-15-. The average Bonchev–Trinajstić information content (AvgIpc) is 3.26. The number of hydrogen-bond donors (Lipinski definition) is 2. The second-order valence-electron chi connectivity index (χ2n) is 6.09. The van der Waals surface area contributed by atoms with Crippen LogP contribution in [0.5, 0.6) is 0 Å². The Balaban J connectivity index is 1.44. The van der Waals surface area contributed by atoms with Crippen molar-refractivity contribution in [1.29, 1.82) is 0 Å². The molecule has 0 aliphatic heterocycles. The van der Waals surface area contributed by atoms with Gasteiger partial charge >= 0.3 is 0 Å². The lowest BCUT2D eigenvalue weighted by molar-refractivity contribution is 0.0950. The third kappa shape index (κ3) is 4.02. The number of rotatable bonds is 5. The lowest BCUT2D eigenvalue weighted by Gasteiger charge is -2.02. The second-order valence-corrected chi connectivity index (χ2v) is 6.09. The Bertz CT molecular complexity index is 1090. The summed E-state index contributed by atoms with van der Waals surface area (Å²) in [6, 6.07) is 23.5. The zero-order valence-electron chi connectivity index (χ0n) is 14.9. The molecule has 0 aliphatic carbocycles.